The fourth-order valence-electron chi connectivity index (χ4n) is 8.29. The molecule has 10 heteroatoms. The van der Waals surface area contributed by atoms with Crippen LogP contribution in [0.3, 0.4) is 0 Å². The first-order chi connectivity index (χ1) is 29.4. The van der Waals surface area contributed by atoms with Gasteiger partial charge in [-0.15, -0.1) is 0 Å². The zero-order valence-electron chi connectivity index (χ0n) is 41.0. The van der Waals surface area contributed by atoms with E-state index in [1.165, 1.54) is 67.3 Å². The summed E-state index contributed by atoms with van der Waals surface area (Å²) in [5.74, 6) is 3.68. The molecular weight excluding hydrogens is 855 g/mol. The summed E-state index contributed by atoms with van der Waals surface area (Å²) in [5, 5.41) is 0. The number of nitrogens with zero attached hydrogens (tertiary/aromatic N) is 4. The average Bonchev–Trinajstić information content (AvgIpc) is 3.90. The Kier molecular flexibility index (Phi) is 19.8. The van der Waals surface area contributed by atoms with E-state index in [9.17, 15) is 17.3 Å². The van der Waals surface area contributed by atoms with Gasteiger partial charge >= 0.3 is 24.3 Å². The van der Waals surface area contributed by atoms with Crippen LogP contribution in [0.2, 0.25) is 0 Å². The number of anilines is 4. The summed E-state index contributed by atoms with van der Waals surface area (Å²) < 4.78 is 39.0. The predicted molar refractivity (Wildman–Crippen MR) is 263 cm³/mol. The normalized spacial score (nSPS) is 13.9. The van der Waals surface area contributed by atoms with Gasteiger partial charge < -0.3 is 36.9 Å². The van der Waals surface area contributed by atoms with Gasteiger partial charge in [0.25, 0.3) is 0 Å². The Labute approximate surface area is 395 Å². The van der Waals surface area contributed by atoms with Crippen LogP contribution in [-0.2, 0) is 17.1 Å². The van der Waals surface area contributed by atoms with Crippen molar-refractivity contribution in [2.24, 2.45) is 0 Å². The second-order valence-corrected chi connectivity index (χ2v) is 19.1. The van der Waals surface area contributed by atoms with Gasteiger partial charge in [-0.1, -0.05) is 184 Å². The van der Waals surface area contributed by atoms with Crippen molar-refractivity contribution in [3.8, 4) is 0 Å². The minimum atomic E-state index is -6.00. The molecule has 0 N–H and O–H groups in total. The number of hydrogen-bond acceptors (Lipinski definition) is 4. The fourth-order valence-corrected chi connectivity index (χ4v) is 8.29. The standard InChI is InChI=1S/2C27H36N2.BF4.Cu/c2*1-18(2)22-11-9-12-23(19(3)4)26(22)28-15-16-29(17-28)27-24(20(5)6)13-10-14-25(27)21(7)8;2-1(3,4)5;/h2*9-16,18-21H,1-8H3;;/q;;-1;+1. The molecule has 6 rings (SSSR count). The minimum Gasteiger partial charge on any atom is -0.418 e. The van der Waals surface area contributed by atoms with Gasteiger partial charge in [0.2, 0.25) is 13.3 Å². The van der Waals surface area contributed by atoms with Crippen molar-refractivity contribution in [3.63, 3.8) is 0 Å². The van der Waals surface area contributed by atoms with E-state index in [0.717, 1.165) is 0 Å². The number of halogens is 4. The second kappa shape index (κ2) is 23.4. The summed E-state index contributed by atoms with van der Waals surface area (Å²) in [6.07, 6.45) is 8.64. The molecule has 4 aromatic carbocycles. The topological polar surface area (TPSA) is 13.0 Å². The van der Waals surface area contributed by atoms with E-state index in [0.29, 0.717) is 47.3 Å². The Balaban J connectivity index is 0.000000303. The number of rotatable bonds is 12. The zero-order chi connectivity index (χ0) is 47.1. The molecule has 2 heterocycles. The van der Waals surface area contributed by atoms with Gasteiger partial charge in [-0.2, -0.15) is 0 Å². The van der Waals surface area contributed by atoms with Gasteiger partial charge in [0.15, 0.2) is 0 Å². The van der Waals surface area contributed by atoms with Crippen LogP contribution in [0.25, 0.3) is 0 Å². The number of hydrogen-bond donors (Lipinski definition) is 0. The van der Waals surface area contributed by atoms with Crippen molar-refractivity contribution in [2.45, 2.75) is 158 Å². The van der Waals surface area contributed by atoms with Gasteiger partial charge in [-0.25, -0.2) is 0 Å². The van der Waals surface area contributed by atoms with Crippen molar-refractivity contribution in [1.82, 2.24) is 0 Å². The molecule has 0 aromatic heterocycles. The first-order valence-electron chi connectivity index (χ1n) is 22.9. The molecule has 64 heavy (non-hydrogen) atoms. The molecule has 4 radical (unpaired) electrons. The fraction of sp³-hybridized carbons (Fsp3) is 0.444. The molecule has 2 aliphatic heterocycles. The van der Waals surface area contributed by atoms with Crippen molar-refractivity contribution < 1.29 is 34.3 Å². The molecule has 0 unspecified atom stereocenters. The van der Waals surface area contributed by atoms with Crippen LogP contribution in [0.15, 0.2) is 97.6 Å². The molecule has 350 valence electrons. The third-order valence-corrected chi connectivity index (χ3v) is 11.5. The summed E-state index contributed by atoms with van der Waals surface area (Å²) in [4.78, 5) is 8.80. The van der Waals surface area contributed by atoms with Crippen LogP contribution in [0.1, 0.15) is 203 Å². The minimum absolute atomic E-state index is 0. The Morgan fingerprint density at radius 2 is 0.438 bits per heavy atom. The largest absolute Gasteiger partial charge is 1.00 e. The summed E-state index contributed by atoms with van der Waals surface area (Å²) >= 11 is 0. The Morgan fingerprint density at radius 3 is 0.547 bits per heavy atom. The van der Waals surface area contributed by atoms with Gasteiger partial charge in [-0.3, -0.25) is 0 Å². The molecule has 4 nitrogen and oxygen atoms in total. The van der Waals surface area contributed by atoms with Crippen LogP contribution in [-0.4, -0.2) is 7.25 Å². The SMILES string of the molecule is CC(C)c1cccc(C(C)C)c1N1[C]N(c2c(C(C)C)cccc2C(C)C)C=C1.CC(C)c1cccc(C(C)C)c1N1[C]N(c2c(C(C)C)cccc2C(C)C)C=C1.F[B-](F)(F)F.[Cu+]. The summed E-state index contributed by atoms with van der Waals surface area (Å²) in [6.45, 7) is 43.6. The smallest absolute Gasteiger partial charge is 0.418 e. The molecule has 0 amide bonds. The molecule has 4 aromatic rings. The third-order valence-electron chi connectivity index (χ3n) is 11.5. The molecular formula is C54H72BCuF4N4. The summed E-state index contributed by atoms with van der Waals surface area (Å²) in [6, 6.07) is 26.8. The van der Waals surface area contributed by atoms with Crippen LogP contribution >= 0.6 is 0 Å². The van der Waals surface area contributed by atoms with Gasteiger partial charge in [0.05, 0.1) is 22.7 Å². The van der Waals surface area contributed by atoms with Gasteiger partial charge in [0.1, 0.15) is 0 Å². The van der Waals surface area contributed by atoms with E-state index in [2.05, 4.69) is 241 Å². The van der Waals surface area contributed by atoms with Crippen LogP contribution < -0.4 is 19.6 Å². The maximum atomic E-state index is 9.75. The Hall–Kier alpha value is -4.14. The van der Waals surface area contributed by atoms with Gasteiger partial charge in [0, 0.05) is 24.8 Å². The van der Waals surface area contributed by atoms with E-state index in [-0.39, 0.29) is 17.1 Å². The molecule has 0 spiro atoms. The maximum absolute atomic E-state index is 9.75. The van der Waals surface area contributed by atoms with Crippen LogP contribution in [0.5, 0.6) is 0 Å². The third kappa shape index (κ3) is 13.5. The van der Waals surface area contributed by atoms with E-state index >= 15 is 0 Å². The van der Waals surface area contributed by atoms with E-state index in [1.807, 2.05) is 0 Å². The van der Waals surface area contributed by atoms with E-state index < -0.39 is 7.25 Å². The molecule has 0 saturated heterocycles. The van der Waals surface area contributed by atoms with Crippen LogP contribution in [0, 0.1) is 13.3 Å². The first kappa shape index (κ1) is 54.2. The van der Waals surface area contributed by atoms with Crippen LogP contribution in [0.4, 0.5) is 40.0 Å². The quantitative estimate of drug-likeness (QED) is 0.104. The van der Waals surface area contributed by atoms with E-state index in [1.54, 1.807) is 0 Å². The predicted octanol–water partition coefficient (Wildman–Crippen LogP) is 17.2. The molecule has 2 aliphatic rings. The monoisotopic (exact) mass is 927 g/mol. The average molecular weight is 928 g/mol. The number of para-hydroxylation sites is 4. The molecule has 0 bridgehead atoms. The molecule has 0 aliphatic carbocycles. The molecule has 0 atom stereocenters. The van der Waals surface area contributed by atoms with Crippen molar-refractivity contribution in [3.05, 3.63) is 155 Å². The summed E-state index contributed by atoms with van der Waals surface area (Å²) in [7, 11) is -6.00. The Bertz CT molecular complexity index is 1770. The van der Waals surface area contributed by atoms with Crippen molar-refractivity contribution in [2.75, 3.05) is 19.6 Å². The molecule has 0 saturated carbocycles. The second-order valence-electron chi connectivity index (χ2n) is 19.1. The van der Waals surface area contributed by atoms with E-state index in [4.69, 9.17) is 0 Å². The first-order valence-corrected chi connectivity index (χ1v) is 22.9. The summed E-state index contributed by atoms with van der Waals surface area (Å²) in [5.41, 5.74) is 16.1. The van der Waals surface area contributed by atoms with Gasteiger partial charge in [-0.05, 0) is 91.9 Å². The van der Waals surface area contributed by atoms with Crippen molar-refractivity contribution >= 4 is 30.0 Å². The number of benzene rings is 4. The maximum Gasteiger partial charge on any atom is 1.00 e. The zero-order valence-corrected chi connectivity index (χ0v) is 42.0. The van der Waals surface area contributed by atoms with Crippen molar-refractivity contribution in [1.29, 1.82) is 0 Å². The molecule has 0 fully saturated rings. The Morgan fingerprint density at radius 1 is 0.312 bits per heavy atom.